The fourth-order valence-electron chi connectivity index (χ4n) is 2.21. The maximum Gasteiger partial charge on any atom is 0.326 e. The number of pyridine rings is 1. The SMILES string of the molecule is Cc1cc(N2CCC[C@@H]2C(=O)O)cc(C#N)n1. The lowest BCUT2D eigenvalue weighted by molar-refractivity contribution is -0.138. The number of carbonyl (C=O) groups is 1. The molecule has 5 nitrogen and oxygen atoms in total. The van der Waals surface area contributed by atoms with Crippen LogP contribution in [0.3, 0.4) is 0 Å². The summed E-state index contributed by atoms with van der Waals surface area (Å²) in [4.78, 5) is 17.0. The van der Waals surface area contributed by atoms with Crippen molar-refractivity contribution in [2.75, 3.05) is 11.4 Å². The van der Waals surface area contributed by atoms with Crippen molar-refractivity contribution in [2.24, 2.45) is 0 Å². The molecule has 0 amide bonds. The number of hydrogen-bond acceptors (Lipinski definition) is 4. The van der Waals surface area contributed by atoms with Gasteiger partial charge in [0.2, 0.25) is 0 Å². The van der Waals surface area contributed by atoms with E-state index in [0.29, 0.717) is 18.7 Å². The molecule has 0 aliphatic carbocycles. The van der Waals surface area contributed by atoms with Gasteiger partial charge in [0.1, 0.15) is 17.8 Å². The zero-order valence-corrected chi connectivity index (χ0v) is 9.55. The molecule has 1 N–H and O–H groups in total. The smallest absolute Gasteiger partial charge is 0.326 e. The summed E-state index contributed by atoms with van der Waals surface area (Å²) in [6, 6.07) is 4.98. The number of nitrogens with zero attached hydrogens (tertiary/aromatic N) is 3. The van der Waals surface area contributed by atoms with Gasteiger partial charge in [-0.15, -0.1) is 0 Å². The molecule has 1 aliphatic heterocycles. The zero-order chi connectivity index (χ0) is 12.4. The van der Waals surface area contributed by atoms with Crippen LogP contribution in [0.1, 0.15) is 24.2 Å². The monoisotopic (exact) mass is 231 g/mol. The maximum atomic E-state index is 11.1. The van der Waals surface area contributed by atoms with Gasteiger partial charge in [0.05, 0.1) is 0 Å². The molecule has 2 heterocycles. The van der Waals surface area contributed by atoms with Crippen LogP contribution in [-0.4, -0.2) is 28.6 Å². The highest BCUT2D eigenvalue weighted by molar-refractivity contribution is 5.79. The van der Waals surface area contributed by atoms with E-state index < -0.39 is 12.0 Å². The number of aromatic nitrogens is 1. The van der Waals surface area contributed by atoms with Gasteiger partial charge in [-0.25, -0.2) is 9.78 Å². The summed E-state index contributed by atoms with van der Waals surface area (Å²) in [5.41, 5.74) is 1.84. The fourth-order valence-corrected chi connectivity index (χ4v) is 2.21. The second-order valence-corrected chi connectivity index (χ2v) is 4.15. The lowest BCUT2D eigenvalue weighted by Gasteiger charge is -2.23. The molecule has 0 radical (unpaired) electrons. The van der Waals surface area contributed by atoms with Crippen molar-refractivity contribution < 1.29 is 9.90 Å². The van der Waals surface area contributed by atoms with Gasteiger partial charge in [-0.3, -0.25) is 0 Å². The summed E-state index contributed by atoms with van der Waals surface area (Å²) in [6.07, 6.45) is 1.51. The van der Waals surface area contributed by atoms with E-state index in [0.717, 1.165) is 17.8 Å². The van der Waals surface area contributed by atoms with Crippen molar-refractivity contribution in [3.63, 3.8) is 0 Å². The van der Waals surface area contributed by atoms with Gasteiger partial charge >= 0.3 is 5.97 Å². The molecule has 0 aromatic carbocycles. The standard InChI is InChI=1S/C12H13N3O2/c1-8-5-10(6-9(7-13)14-8)15-4-2-3-11(15)12(16)17/h5-6,11H,2-4H2,1H3,(H,16,17)/t11-/m1/s1. The van der Waals surface area contributed by atoms with Crippen LogP contribution in [0.5, 0.6) is 0 Å². The number of anilines is 1. The molecule has 1 aliphatic rings. The normalized spacial score (nSPS) is 19.1. The summed E-state index contributed by atoms with van der Waals surface area (Å²) < 4.78 is 0. The minimum atomic E-state index is -0.810. The van der Waals surface area contributed by atoms with Crippen molar-refractivity contribution in [2.45, 2.75) is 25.8 Å². The maximum absolute atomic E-state index is 11.1. The first-order chi connectivity index (χ1) is 8.11. The van der Waals surface area contributed by atoms with Gasteiger partial charge in [0.15, 0.2) is 0 Å². The predicted octanol–water partition coefficient (Wildman–Crippen LogP) is 1.32. The molecule has 0 bridgehead atoms. The van der Waals surface area contributed by atoms with Crippen molar-refractivity contribution >= 4 is 11.7 Å². The molecule has 5 heteroatoms. The third kappa shape index (κ3) is 2.21. The summed E-state index contributed by atoms with van der Waals surface area (Å²) in [5, 5.41) is 18.0. The van der Waals surface area contributed by atoms with Crippen LogP contribution >= 0.6 is 0 Å². The Morgan fingerprint density at radius 1 is 1.65 bits per heavy atom. The first-order valence-electron chi connectivity index (χ1n) is 5.50. The van der Waals surface area contributed by atoms with E-state index in [-0.39, 0.29) is 0 Å². The predicted molar refractivity (Wildman–Crippen MR) is 61.7 cm³/mol. The Kier molecular flexibility index (Phi) is 2.96. The first kappa shape index (κ1) is 11.4. The molecular formula is C12H13N3O2. The van der Waals surface area contributed by atoms with E-state index >= 15 is 0 Å². The Labute approximate surface area is 99.3 Å². The van der Waals surface area contributed by atoms with Crippen LogP contribution in [0.4, 0.5) is 5.69 Å². The second-order valence-electron chi connectivity index (χ2n) is 4.15. The lowest BCUT2D eigenvalue weighted by Crippen LogP contribution is -2.36. The summed E-state index contributed by atoms with van der Waals surface area (Å²) in [6.45, 7) is 2.52. The van der Waals surface area contributed by atoms with Crippen molar-refractivity contribution in [1.82, 2.24) is 4.98 Å². The highest BCUT2D eigenvalue weighted by Crippen LogP contribution is 2.26. The number of aliphatic carboxylic acids is 1. The van der Waals surface area contributed by atoms with Crippen LogP contribution in [0, 0.1) is 18.3 Å². The first-order valence-corrected chi connectivity index (χ1v) is 5.50. The Balaban J connectivity index is 2.37. The molecule has 0 saturated carbocycles. The Morgan fingerprint density at radius 2 is 2.41 bits per heavy atom. The number of hydrogen-bond donors (Lipinski definition) is 1. The zero-order valence-electron chi connectivity index (χ0n) is 9.55. The van der Waals surface area contributed by atoms with Gasteiger partial charge in [-0.05, 0) is 31.9 Å². The van der Waals surface area contributed by atoms with Gasteiger partial charge in [-0.2, -0.15) is 5.26 Å². The molecule has 2 rings (SSSR count). The van der Waals surface area contributed by atoms with Crippen LogP contribution in [0.2, 0.25) is 0 Å². The summed E-state index contributed by atoms with van der Waals surface area (Å²) >= 11 is 0. The van der Waals surface area contributed by atoms with Crippen LogP contribution in [0.25, 0.3) is 0 Å². The topological polar surface area (TPSA) is 77.2 Å². The second kappa shape index (κ2) is 4.42. The van der Waals surface area contributed by atoms with Crippen molar-refractivity contribution in [3.8, 4) is 6.07 Å². The van der Waals surface area contributed by atoms with Crippen molar-refractivity contribution in [3.05, 3.63) is 23.5 Å². The summed E-state index contributed by atoms with van der Waals surface area (Å²) in [7, 11) is 0. The Bertz CT molecular complexity index is 493. The molecule has 1 fully saturated rings. The van der Waals surface area contributed by atoms with Crippen molar-refractivity contribution in [1.29, 1.82) is 5.26 Å². The molecule has 88 valence electrons. The number of rotatable bonds is 2. The quantitative estimate of drug-likeness (QED) is 0.830. The number of aryl methyl sites for hydroxylation is 1. The molecule has 17 heavy (non-hydrogen) atoms. The number of nitriles is 1. The molecule has 1 saturated heterocycles. The third-order valence-electron chi connectivity index (χ3n) is 2.92. The van der Waals surface area contributed by atoms with E-state index in [1.807, 2.05) is 17.0 Å². The number of carboxylic acid groups (broad SMARTS) is 1. The van der Waals surface area contributed by atoms with Gasteiger partial charge in [0.25, 0.3) is 0 Å². The Hall–Kier alpha value is -2.09. The largest absolute Gasteiger partial charge is 0.480 e. The van der Waals surface area contributed by atoms with E-state index in [1.54, 1.807) is 13.0 Å². The minimum Gasteiger partial charge on any atom is -0.480 e. The number of carboxylic acids is 1. The highest BCUT2D eigenvalue weighted by Gasteiger charge is 2.30. The van der Waals surface area contributed by atoms with Crippen LogP contribution in [0.15, 0.2) is 12.1 Å². The molecule has 0 spiro atoms. The minimum absolute atomic E-state index is 0.330. The molecule has 0 unspecified atom stereocenters. The fraction of sp³-hybridized carbons (Fsp3) is 0.417. The lowest BCUT2D eigenvalue weighted by atomic mass is 10.2. The van der Waals surface area contributed by atoms with Crippen LogP contribution in [-0.2, 0) is 4.79 Å². The van der Waals surface area contributed by atoms with E-state index in [9.17, 15) is 4.79 Å². The van der Waals surface area contributed by atoms with Gasteiger partial charge in [-0.1, -0.05) is 0 Å². The molecule has 1 aromatic heterocycles. The molecule has 1 atom stereocenters. The average Bonchev–Trinajstić information content (AvgIpc) is 2.77. The molecular weight excluding hydrogens is 218 g/mol. The van der Waals surface area contributed by atoms with E-state index in [1.165, 1.54) is 0 Å². The van der Waals surface area contributed by atoms with Gasteiger partial charge < -0.3 is 10.0 Å². The molecule has 1 aromatic rings. The Morgan fingerprint density at radius 3 is 3.06 bits per heavy atom. The van der Waals surface area contributed by atoms with E-state index in [4.69, 9.17) is 10.4 Å². The van der Waals surface area contributed by atoms with Crippen LogP contribution < -0.4 is 4.90 Å². The average molecular weight is 231 g/mol. The summed E-state index contributed by atoms with van der Waals surface area (Å²) in [5.74, 6) is -0.810. The van der Waals surface area contributed by atoms with Gasteiger partial charge in [0, 0.05) is 17.9 Å². The highest BCUT2D eigenvalue weighted by atomic mass is 16.4. The van der Waals surface area contributed by atoms with E-state index in [2.05, 4.69) is 4.98 Å². The third-order valence-corrected chi connectivity index (χ3v) is 2.92.